The lowest BCUT2D eigenvalue weighted by atomic mass is 9.68. The number of nitrogens with zero attached hydrogens (tertiary/aromatic N) is 2. The van der Waals surface area contributed by atoms with Gasteiger partial charge in [-0.2, -0.15) is 5.10 Å². The lowest BCUT2D eigenvalue weighted by Crippen LogP contribution is -2.44. The molecule has 1 aliphatic heterocycles. The third kappa shape index (κ3) is 5.47. The molecule has 0 spiro atoms. The Morgan fingerprint density at radius 1 is 1.24 bits per heavy atom. The van der Waals surface area contributed by atoms with E-state index in [0.717, 1.165) is 25.7 Å². The molecule has 0 saturated carbocycles. The van der Waals surface area contributed by atoms with Gasteiger partial charge >= 0.3 is 0 Å². The van der Waals surface area contributed by atoms with Crippen molar-refractivity contribution in [3.05, 3.63) is 47.8 Å². The highest BCUT2D eigenvalue weighted by atomic mass is 32.2. The highest BCUT2D eigenvalue weighted by molar-refractivity contribution is 7.89. The standard InChI is InChI=1S/C22H33N3O3S/c1-5-25-16-20(18(2)24-25)29(26,27)23-13-11-22(12-14-28-21(3,4)17-22)15-19-9-7-6-8-10-19/h6-10,16,23H,5,11-15,17H2,1-4H3. The number of rotatable bonds is 8. The first-order valence-corrected chi connectivity index (χ1v) is 11.8. The van der Waals surface area contributed by atoms with Crippen LogP contribution in [0.1, 0.15) is 51.3 Å². The molecular formula is C22H33N3O3S. The molecule has 3 rings (SSSR count). The fourth-order valence-electron chi connectivity index (χ4n) is 4.52. The van der Waals surface area contributed by atoms with Crippen LogP contribution >= 0.6 is 0 Å². The third-order valence-corrected chi connectivity index (χ3v) is 7.37. The Labute approximate surface area is 174 Å². The monoisotopic (exact) mass is 419 g/mol. The van der Waals surface area contributed by atoms with Gasteiger partial charge in [-0.15, -0.1) is 0 Å². The molecule has 1 fully saturated rings. The fourth-order valence-corrected chi connectivity index (χ4v) is 5.74. The number of nitrogens with one attached hydrogen (secondary N) is 1. The smallest absolute Gasteiger partial charge is 0.243 e. The van der Waals surface area contributed by atoms with Crippen molar-refractivity contribution in [2.24, 2.45) is 5.41 Å². The zero-order valence-electron chi connectivity index (χ0n) is 17.9. The summed E-state index contributed by atoms with van der Waals surface area (Å²) in [6, 6.07) is 10.4. The van der Waals surface area contributed by atoms with E-state index >= 15 is 0 Å². The molecule has 29 heavy (non-hydrogen) atoms. The Bertz CT molecular complexity index is 922. The predicted octanol–water partition coefficient (Wildman–Crippen LogP) is 3.70. The van der Waals surface area contributed by atoms with Crippen molar-refractivity contribution in [2.45, 2.75) is 70.4 Å². The number of aryl methyl sites for hydroxylation is 2. The van der Waals surface area contributed by atoms with Crippen molar-refractivity contribution in [2.75, 3.05) is 13.2 Å². The SMILES string of the molecule is CCn1cc(S(=O)(=O)NCCC2(Cc3ccccc3)CCOC(C)(C)C2)c(C)n1. The molecule has 1 N–H and O–H groups in total. The Morgan fingerprint density at radius 3 is 2.59 bits per heavy atom. The quantitative estimate of drug-likeness (QED) is 0.708. The molecule has 2 heterocycles. The highest BCUT2D eigenvalue weighted by Crippen LogP contribution is 2.43. The summed E-state index contributed by atoms with van der Waals surface area (Å²) in [6.07, 6.45) is 5.14. The van der Waals surface area contributed by atoms with E-state index < -0.39 is 10.0 Å². The van der Waals surface area contributed by atoms with Crippen molar-refractivity contribution < 1.29 is 13.2 Å². The van der Waals surface area contributed by atoms with Gasteiger partial charge in [-0.1, -0.05) is 30.3 Å². The molecule has 0 aliphatic carbocycles. The molecule has 0 bridgehead atoms. The summed E-state index contributed by atoms with van der Waals surface area (Å²) >= 11 is 0. The molecule has 1 unspecified atom stereocenters. The Morgan fingerprint density at radius 2 is 1.97 bits per heavy atom. The Hall–Kier alpha value is -1.70. The molecule has 1 aromatic carbocycles. The van der Waals surface area contributed by atoms with E-state index in [-0.39, 0.29) is 15.9 Å². The van der Waals surface area contributed by atoms with Gasteiger partial charge in [0.25, 0.3) is 0 Å². The van der Waals surface area contributed by atoms with Crippen molar-refractivity contribution in [3.8, 4) is 0 Å². The molecule has 0 radical (unpaired) electrons. The first kappa shape index (κ1) is 22.0. The predicted molar refractivity (Wildman–Crippen MR) is 114 cm³/mol. The maximum atomic E-state index is 12.8. The minimum atomic E-state index is -3.57. The lowest BCUT2D eigenvalue weighted by Gasteiger charge is -2.45. The van der Waals surface area contributed by atoms with E-state index in [0.29, 0.717) is 25.4 Å². The Kier molecular flexibility index (Phi) is 6.51. The molecule has 0 amide bonds. The zero-order valence-corrected chi connectivity index (χ0v) is 18.8. The maximum absolute atomic E-state index is 12.8. The van der Waals surface area contributed by atoms with Gasteiger partial charge in [-0.25, -0.2) is 13.1 Å². The highest BCUT2D eigenvalue weighted by Gasteiger charge is 2.40. The summed E-state index contributed by atoms with van der Waals surface area (Å²) in [6.45, 7) is 9.68. The van der Waals surface area contributed by atoms with E-state index in [9.17, 15) is 8.42 Å². The number of aromatic nitrogens is 2. The van der Waals surface area contributed by atoms with Crippen molar-refractivity contribution in [1.29, 1.82) is 0 Å². The van der Waals surface area contributed by atoms with Crippen LogP contribution in [-0.4, -0.2) is 37.0 Å². The number of hydrogen-bond acceptors (Lipinski definition) is 4. The largest absolute Gasteiger partial charge is 0.376 e. The number of benzene rings is 1. The third-order valence-electron chi connectivity index (χ3n) is 5.81. The van der Waals surface area contributed by atoms with E-state index in [1.54, 1.807) is 17.8 Å². The fraction of sp³-hybridized carbons (Fsp3) is 0.591. The number of hydrogen-bond donors (Lipinski definition) is 1. The lowest BCUT2D eigenvalue weighted by molar-refractivity contribution is -0.106. The van der Waals surface area contributed by atoms with Crippen LogP contribution in [0, 0.1) is 12.3 Å². The second-order valence-corrected chi connectivity index (χ2v) is 10.5. The second-order valence-electron chi connectivity index (χ2n) is 8.78. The summed E-state index contributed by atoms with van der Waals surface area (Å²) in [4.78, 5) is 0.267. The number of sulfonamides is 1. The first-order valence-electron chi connectivity index (χ1n) is 10.4. The van der Waals surface area contributed by atoms with Crippen LogP contribution in [0.5, 0.6) is 0 Å². The van der Waals surface area contributed by atoms with Crippen molar-refractivity contribution in [3.63, 3.8) is 0 Å². The second kappa shape index (κ2) is 8.58. The summed E-state index contributed by atoms with van der Waals surface area (Å²) in [5.74, 6) is 0. The van der Waals surface area contributed by atoms with E-state index in [1.807, 2.05) is 13.0 Å². The van der Waals surface area contributed by atoms with Crippen LogP contribution in [0.2, 0.25) is 0 Å². The van der Waals surface area contributed by atoms with E-state index in [2.05, 4.69) is 47.9 Å². The molecular weight excluding hydrogens is 386 g/mol. The van der Waals surface area contributed by atoms with Crippen LogP contribution in [0.3, 0.4) is 0 Å². The van der Waals surface area contributed by atoms with Crippen LogP contribution < -0.4 is 4.72 Å². The minimum Gasteiger partial charge on any atom is -0.376 e. The minimum absolute atomic E-state index is 0.00820. The Balaban J connectivity index is 1.74. The summed E-state index contributed by atoms with van der Waals surface area (Å²) in [7, 11) is -3.57. The molecule has 160 valence electrons. The molecule has 1 aromatic heterocycles. The van der Waals surface area contributed by atoms with E-state index in [4.69, 9.17) is 4.74 Å². The van der Waals surface area contributed by atoms with Crippen LogP contribution in [-0.2, 0) is 27.7 Å². The molecule has 1 saturated heterocycles. The van der Waals surface area contributed by atoms with Crippen molar-refractivity contribution >= 4 is 10.0 Å². The average Bonchev–Trinajstić information content (AvgIpc) is 3.03. The van der Waals surface area contributed by atoms with Gasteiger partial charge in [0, 0.05) is 25.9 Å². The van der Waals surface area contributed by atoms with Crippen LogP contribution in [0.25, 0.3) is 0 Å². The van der Waals surface area contributed by atoms with Gasteiger partial charge in [-0.3, -0.25) is 4.68 Å². The molecule has 1 atom stereocenters. The first-order chi connectivity index (χ1) is 13.6. The van der Waals surface area contributed by atoms with Gasteiger partial charge in [0.1, 0.15) is 4.90 Å². The normalized spacial score (nSPS) is 21.9. The van der Waals surface area contributed by atoms with Crippen molar-refractivity contribution in [1.82, 2.24) is 14.5 Å². The van der Waals surface area contributed by atoms with Crippen LogP contribution in [0.4, 0.5) is 0 Å². The summed E-state index contributed by atoms with van der Waals surface area (Å²) < 4.78 is 36.1. The van der Waals surface area contributed by atoms with Gasteiger partial charge in [0.15, 0.2) is 0 Å². The molecule has 6 nitrogen and oxygen atoms in total. The van der Waals surface area contributed by atoms with Gasteiger partial charge in [-0.05, 0) is 64.4 Å². The maximum Gasteiger partial charge on any atom is 0.243 e. The topological polar surface area (TPSA) is 73.2 Å². The summed E-state index contributed by atoms with van der Waals surface area (Å²) in [5, 5.41) is 4.26. The van der Waals surface area contributed by atoms with Crippen LogP contribution in [0.15, 0.2) is 41.4 Å². The number of ether oxygens (including phenoxy) is 1. The molecule has 7 heteroatoms. The van der Waals surface area contributed by atoms with Gasteiger partial charge in [0.05, 0.1) is 11.3 Å². The summed E-state index contributed by atoms with van der Waals surface area (Å²) in [5.41, 5.74) is 1.62. The average molecular weight is 420 g/mol. The molecule has 1 aliphatic rings. The van der Waals surface area contributed by atoms with E-state index in [1.165, 1.54) is 5.56 Å². The zero-order chi connectivity index (χ0) is 21.1. The van der Waals surface area contributed by atoms with Gasteiger partial charge in [0.2, 0.25) is 10.0 Å². The molecule has 2 aromatic rings. The van der Waals surface area contributed by atoms with Gasteiger partial charge < -0.3 is 4.74 Å².